The number of anilines is 1. The van der Waals surface area contributed by atoms with Crippen molar-refractivity contribution in [1.29, 1.82) is 5.26 Å². The summed E-state index contributed by atoms with van der Waals surface area (Å²) in [5, 5.41) is 8.62. The van der Waals surface area contributed by atoms with E-state index < -0.39 is 0 Å². The van der Waals surface area contributed by atoms with Gasteiger partial charge in [-0.05, 0) is 0 Å². The van der Waals surface area contributed by atoms with Crippen molar-refractivity contribution in [3.8, 4) is 6.07 Å². The maximum Gasteiger partial charge on any atom is 0.182 e. The largest absolute Gasteiger partial charge is 0.375 e. The Bertz CT molecular complexity index is 264. The van der Waals surface area contributed by atoms with E-state index in [0.29, 0.717) is 9.47 Å². The van der Waals surface area contributed by atoms with Gasteiger partial charge in [0.15, 0.2) is 10.8 Å². The molecule has 1 aromatic heterocycles. The Morgan fingerprint density at radius 1 is 1.70 bits per heavy atom. The lowest BCUT2D eigenvalue weighted by molar-refractivity contribution is 1.34. The highest BCUT2D eigenvalue weighted by Gasteiger charge is 2.03. The van der Waals surface area contributed by atoms with Crippen molar-refractivity contribution in [2.24, 2.45) is 0 Å². The molecule has 0 amide bonds. The third-order valence-electron chi connectivity index (χ3n) is 0.708. The number of hydrogen-bond acceptors (Lipinski definition) is 4. The summed E-state index contributed by atoms with van der Waals surface area (Å²) in [6.07, 6.45) is 0. The molecule has 10 heavy (non-hydrogen) atoms. The Labute approximate surface area is 72.8 Å². The van der Waals surface area contributed by atoms with Crippen LogP contribution in [-0.4, -0.2) is 4.98 Å². The Balaban J connectivity index is 0.000000810. The fraction of sp³-hybridized carbons (Fsp3) is 0. The minimum atomic E-state index is 0. The Hall–Kier alpha value is -0.500. The molecule has 0 fully saturated rings. The monoisotopic (exact) mass is 195 g/mol. The summed E-state index contributed by atoms with van der Waals surface area (Å²) < 4.78 is 0.356. The van der Waals surface area contributed by atoms with Crippen molar-refractivity contribution in [2.75, 3.05) is 5.73 Å². The third-order valence-corrected chi connectivity index (χ3v) is 1.79. The fourth-order valence-electron chi connectivity index (χ4n) is 0.386. The van der Waals surface area contributed by atoms with E-state index in [1.165, 1.54) is 0 Å². The standard InChI is InChI=1S/C4H2ClN3S.ClH/c5-3-2(1-6)8-4(7)9-3;/h(H2,7,8);1H. The molecule has 0 radical (unpaired) electrons. The van der Waals surface area contributed by atoms with Gasteiger partial charge in [0.2, 0.25) is 0 Å². The summed E-state index contributed by atoms with van der Waals surface area (Å²) in [5.41, 5.74) is 5.43. The van der Waals surface area contributed by atoms with Gasteiger partial charge < -0.3 is 5.73 Å². The first-order chi connectivity index (χ1) is 4.24. The molecule has 0 aliphatic carbocycles. The van der Waals surface area contributed by atoms with Crippen molar-refractivity contribution in [3.05, 3.63) is 10.0 Å². The number of nitriles is 1. The zero-order valence-electron chi connectivity index (χ0n) is 4.67. The summed E-state index contributed by atoms with van der Waals surface area (Å²) >= 11 is 6.60. The number of halogens is 2. The van der Waals surface area contributed by atoms with Gasteiger partial charge in [0.1, 0.15) is 10.4 Å². The second-order valence-electron chi connectivity index (χ2n) is 1.29. The van der Waals surface area contributed by atoms with Crippen LogP contribution in [-0.2, 0) is 0 Å². The van der Waals surface area contributed by atoms with E-state index in [4.69, 9.17) is 22.6 Å². The smallest absolute Gasteiger partial charge is 0.182 e. The SMILES string of the molecule is Cl.N#Cc1nc(N)sc1Cl. The van der Waals surface area contributed by atoms with Gasteiger partial charge in [0, 0.05) is 0 Å². The molecular weight excluding hydrogens is 193 g/mol. The molecule has 0 aliphatic rings. The Morgan fingerprint density at radius 3 is 2.50 bits per heavy atom. The number of nitrogen functional groups attached to an aromatic ring is 1. The van der Waals surface area contributed by atoms with Crippen LogP contribution in [0.25, 0.3) is 0 Å². The molecule has 0 saturated carbocycles. The van der Waals surface area contributed by atoms with Gasteiger partial charge in [0.25, 0.3) is 0 Å². The number of nitrogens with two attached hydrogens (primary N) is 1. The van der Waals surface area contributed by atoms with Crippen molar-refractivity contribution in [1.82, 2.24) is 4.98 Å². The minimum absolute atomic E-state index is 0. The number of rotatable bonds is 0. The molecule has 1 heterocycles. The van der Waals surface area contributed by atoms with Gasteiger partial charge in [-0.1, -0.05) is 22.9 Å². The van der Waals surface area contributed by atoms with Crippen LogP contribution in [0.3, 0.4) is 0 Å². The first-order valence-corrected chi connectivity index (χ1v) is 3.25. The molecule has 0 aromatic carbocycles. The van der Waals surface area contributed by atoms with E-state index in [0.717, 1.165) is 11.3 Å². The molecule has 0 aliphatic heterocycles. The second kappa shape index (κ2) is 3.62. The molecule has 1 aromatic rings. The number of nitrogens with zero attached hydrogens (tertiary/aromatic N) is 2. The lowest BCUT2D eigenvalue weighted by Gasteiger charge is -1.71. The van der Waals surface area contributed by atoms with Crippen LogP contribution >= 0.6 is 35.3 Å². The summed E-state index contributed by atoms with van der Waals surface area (Å²) in [6, 6.07) is 1.80. The predicted molar refractivity (Wildman–Crippen MR) is 43.5 cm³/mol. The van der Waals surface area contributed by atoms with Crippen LogP contribution in [0.4, 0.5) is 5.13 Å². The van der Waals surface area contributed by atoms with E-state index in [-0.39, 0.29) is 18.1 Å². The number of hydrogen-bond donors (Lipinski definition) is 1. The van der Waals surface area contributed by atoms with Crippen molar-refractivity contribution < 1.29 is 0 Å². The van der Waals surface area contributed by atoms with E-state index in [2.05, 4.69) is 4.98 Å². The Morgan fingerprint density at radius 2 is 2.30 bits per heavy atom. The molecule has 0 spiro atoms. The van der Waals surface area contributed by atoms with E-state index in [9.17, 15) is 0 Å². The van der Waals surface area contributed by atoms with Gasteiger partial charge in [0.05, 0.1) is 0 Å². The molecule has 0 bridgehead atoms. The van der Waals surface area contributed by atoms with E-state index in [1.807, 2.05) is 0 Å². The molecule has 3 nitrogen and oxygen atoms in total. The zero-order valence-corrected chi connectivity index (χ0v) is 7.06. The molecule has 6 heteroatoms. The van der Waals surface area contributed by atoms with E-state index >= 15 is 0 Å². The summed E-state index contributed by atoms with van der Waals surface area (Å²) in [7, 11) is 0. The predicted octanol–water partition coefficient (Wildman–Crippen LogP) is 1.67. The van der Waals surface area contributed by atoms with E-state index in [1.54, 1.807) is 6.07 Å². The van der Waals surface area contributed by atoms with Gasteiger partial charge in [-0.2, -0.15) is 5.26 Å². The molecule has 0 unspecified atom stereocenters. The van der Waals surface area contributed by atoms with Crippen LogP contribution in [0.2, 0.25) is 4.34 Å². The minimum Gasteiger partial charge on any atom is -0.375 e. The van der Waals surface area contributed by atoms with Gasteiger partial charge >= 0.3 is 0 Å². The second-order valence-corrected chi connectivity index (χ2v) is 2.92. The molecule has 2 N–H and O–H groups in total. The van der Waals surface area contributed by atoms with Crippen molar-refractivity contribution in [3.63, 3.8) is 0 Å². The normalized spacial score (nSPS) is 8.00. The summed E-state index contributed by atoms with van der Waals surface area (Å²) in [5.74, 6) is 0. The van der Waals surface area contributed by atoms with Crippen LogP contribution in [0, 0.1) is 11.3 Å². The Kier molecular flexibility index (Phi) is 3.43. The fourth-order valence-corrected chi connectivity index (χ4v) is 1.22. The highest BCUT2D eigenvalue weighted by Crippen LogP contribution is 2.24. The van der Waals surface area contributed by atoms with Crippen molar-refractivity contribution in [2.45, 2.75) is 0 Å². The molecular formula is C4H3Cl2N3S. The maximum absolute atomic E-state index is 8.29. The topological polar surface area (TPSA) is 62.7 Å². The highest BCUT2D eigenvalue weighted by atomic mass is 35.5. The quantitative estimate of drug-likeness (QED) is 0.686. The first-order valence-electron chi connectivity index (χ1n) is 2.06. The average Bonchev–Trinajstić information content (AvgIpc) is 2.10. The van der Waals surface area contributed by atoms with Crippen LogP contribution in [0.15, 0.2) is 0 Å². The average molecular weight is 196 g/mol. The van der Waals surface area contributed by atoms with Crippen LogP contribution < -0.4 is 5.73 Å². The third kappa shape index (κ3) is 1.74. The molecule has 54 valence electrons. The van der Waals surface area contributed by atoms with Gasteiger partial charge in [-0.15, -0.1) is 12.4 Å². The number of thiazole rings is 1. The van der Waals surface area contributed by atoms with Gasteiger partial charge in [-0.3, -0.25) is 0 Å². The summed E-state index contributed by atoms with van der Waals surface area (Å²) in [4.78, 5) is 3.63. The highest BCUT2D eigenvalue weighted by molar-refractivity contribution is 7.19. The lowest BCUT2D eigenvalue weighted by atomic mass is 10.6. The first kappa shape index (κ1) is 9.50. The van der Waals surface area contributed by atoms with Crippen LogP contribution in [0.5, 0.6) is 0 Å². The zero-order chi connectivity index (χ0) is 6.85. The maximum atomic E-state index is 8.29. The molecule has 0 saturated heterocycles. The summed E-state index contributed by atoms with van der Waals surface area (Å²) in [6.45, 7) is 0. The van der Waals surface area contributed by atoms with Crippen LogP contribution in [0.1, 0.15) is 5.69 Å². The van der Waals surface area contributed by atoms with Gasteiger partial charge in [-0.25, -0.2) is 4.98 Å². The van der Waals surface area contributed by atoms with Crippen molar-refractivity contribution >= 4 is 40.5 Å². The lowest BCUT2D eigenvalue weighted by Crippen LogP contribution is -1.81. The molecule has 1 rings (SSSR count). The molecule has 0 atom stereocenters. The number of aromatic nitrogens is 1.